The van der Waals surface area contributed by atoms with Gasteiger partial charge in [-0.05, 0) is 30.7 Å². The number of rotatable bonds is 4. The molecule has 2 aromatic rings. The molecule has 0 unspecified atom stereocenters. The van der Waals surface area contributed by atoms with Crippen molar-refractivity contribution in [1.82, 2.24) is 9.88 Å². The van der Waals surface area contributed by atoms with Crippen LogP contribution in [-0.4, -0.2) is 34.7 Å². The van der Waals surface area contributed by atoms with Gasteiger partial charge in [-0.15, -0.1) is 0 Å². The number of aromatic nitrogens is 1. The summed E-state index contributed by atoms with van der Waals surface area (Å²) in [6, 6.07) is 6.57. The Hall–Kier alpha value is -2.05. The molecule has 1 aromatic carbocycles. The molecule has 1 aromatic heterocycles. The Bertz CT molecular complexity index is 696. The average Bonchev–Trinajstić information content (AvgIpc) is 2.90. The summed E-state index contributed by atoms with van der Waals surface area (Å²) in [5, 5.41) is 9.97. The maximum atomic E-state index is 14.1. The van der Waals surface area contributed by atoms with Crippen molar-refractivity contribution in [2.75, 3.05) is 13.7 Å². The lowest BCUT2D eigenvalue weighted by Gasteiger charge is -2.24. The molecule has 0 bridgehead atoms. The second-order valence-electron chi connectivity index (χ2n) is 5.69. The number of hydrogen-bond donors (Lipinski definition) is 1. The number of nitrogens with zero attached hydrogens (tertiary/aromatic N) is 2. The van der Waals surface area contributed by atoms with E-state index in [0.29, 0.717) is 25.3 Å². The Balaban J connectivity index is 1.86. The van der Waals surface area contributed by atoms with Crippen molar-refractivity contribution in [2.45, 2.75) is 25.1 Å². The molecule has 4 nitrogen and oxygen atoms in total. The van der Waals surface area contributed by atoms with Crippen molar-refractivity contribution < 1.29 is 18.6 Å². The topological polar surface area (TPSA) is 45.6 Å². The van der Waals surface area contributed by atoms with Crippen molar-refractivity contribution in [3.05, 3.63) is 59.4 Å². The molecular weight excluding hydrogens is 302 g/mol. The molecule has 0 radical (unpaired) electrons. The van der Waals surface area contributed by atoms with Crippen LogP contribution in [-0.2, 0) is 6.54 Å². The van der Waals surface area contributed by atoms with E-state index < -0.39 is 17.7 Å². The van der Waals surface area contributed by atoms with Crippen LogP contribution in [0.4, 0.5) is 8.78 Å². The summed E-state index contributed by atoms with van der Waals surface area (Å²) < 4.78 is 32.7. The second kappa shape index (κ2) is 6.60. The first-order valence-corrected chi connectivity index (χ1v) is 7.43. The van der Waals surface area contributed by atoms with E-state index in [9.17, 15) is 13.9 Å². The quantitative estimate of drug-likeness (QED) is 0.941. The second-order valence-corrected chi connectivity index (χ2v) is 5.69. The van der Waals surface area contributed by atoms with Gasteiger partial charge in [0.25, 0.3) is 0 Å². The molecule has 3 rings (SSSR count). The maximum absolute atomic E-state index is 14.1. The predicted octanol–water partition coefficient (Wildman–Crippen LogP) is 2.68. The van der Waals surface area contributed by atoms with Crippen LogP contribution in [0.15, 0.2) is 36.5 Å². The summed E-state index contributed by atoms with van der Waals surface area (Å²) in [5.74, 6) is -0.264. The molecule has 1 aliphatic heterocycles. The molecule has 23 heavy (non-hydrogen) atoms. The predicted molar refractivity (Wildman–Crippen MR) is 80.9 cm³/mol. The SMILES string of the molecule is COc1ccnc(CN2C[C@@H](O)C[C@@H]2c2cc(F)ccc2F)c1. The lowest BCUT2D eigenvalue weighted by molar-refractivity contribution is 0.172. The van der Waals surface area contributed by atoms with Gasteiger partial charge in [-0.3, -0.25) is 9.88 Å². The number of aliphatic hydroxyl groups excluding tert-OH is 1. The smallest absolute Gasteiger partial charge is 0.128 e. The number of methoxy groups -OCH3 is 1. The highest BCUT2D eigenvalue weighted by Crippen LogP contribution is 2.35. The zero-order valence-corrected chi connectivity index (χ0v) is 12.7. The largest absolute Gasteiger partial charge is 0.497 e. The van der Waals surface area contributed by atoms with E-state index in [2.05, 4.69) is 4.98 Å². The average molecular weight is 320 g/mol. The van der Waals surface area contributed by atoms with E-state index in [4.69, 9.17) is 4.74 Å². The third-order valence-electron chi connectivity index (χ3n) is 4.09. The van der Waals surface area contributed by atoms with E-state index in [-0.39, 0.29) is 11.6 Å². The third-order valence-corrected chi connectivity index (χ3v) is 4.09. The van der Waals surface area contributed by atoms with Crippen LogP contribution in [0, 0.1) is 11.6 Å². The van der Waals surface area contributed by atoms with Gasteiger partial charge in [0.2, 0.25) is 0 Å². The molecule has 0 amide bonds. The highest BCUT2D eigenvalue weighted by atomic mass is 19.1. The molecule has 0 aliphatic carbocycles. The van der Waals surface area contributed by atoms with Gasteiger partial charge >= 0.3 is 0 Å². The molecule has 2 heterocycles. The normalized spacial score (nSPS) is 21.6. The number of ether oxygens (including phenoxy) is 1. The van der Waals surface area contributed by atoms with Crippen molar-refractivity contribution >= 4 is 0 Å². The van der Waals surface area contributed by atoms with Crippen molar-refractivity contribution in [3.8, 4) is 5.75 Å². The van der Waals surface area contributed by atoms with Crippen LogP contribution in [0.5, 0.6) is 5.75 Å². The van der Waals surface area contributed by atoms with Crippen LogP contribution >= 0.6 is 0 Å². The lowest BCUT2D eigenvalue weighted by Crippen LogP contribution is -2.25. The van der Waals surface area contributed by atoms with Crippen molar-refractivity contribution in [3.63, 3.8) is 0 Å². The summed E-state index contributed by atoms with van der Waals surface area (Å²) in [4.78, 5) is 6.18. The summed E-state index contributed by atoms with van der Waals surface area (Å²) in [5.41, 5.74) is 1.02. The van der Waals surface area contributed by atoms with Crippen LogP contribution in [0.1, 0.15) is 23.7 Å². The number of likely N-dealkylation sites (tertiary alicyclic amines) is 1. The Labute approximate surface area is 133 Å². The van der Waals surface area contributed by atoms with Crippen LogP contribution < -0.4 is 4.74 Å². The molecule has 1 aliphatic rings. The number of β-amino-alcohol motifs (C(OH)–C–C–N with tert-alkyl or cyclic N) is 1. The van der Waals surface area contributed by atoms with Gasteiger partial charge in [0, 0.05) is 37.0 Å². The van der Waals surface area contributed by atoms with Crippen LogP contribution in [0.3, 0.4) is 0 Å². The molecule has 1 fully saturated rings. The molecule has 122 valence electrons. The van der Waals surface area contributed by atoms with E-state index in [1.54, 1.807) is 25.4 Å². The fourth-order valence-electron chi connectivity index (χ4n) is 3.03. The number of hydrogen-bond acceptors (Lipinski definition) is 4. The van der Waals surface area contributed by atoms with Crippen molar-refractivity contribution in [2.24, 2.45) is 0 Å². The van der Waals surface area contributed by atoms with E-state index in [0.717, 1.165) is 17.8 Å². The molecule has 1 saturated heterocycles. The van der Waals surface area contributed by atoms with Gasteiger partial charge in [-0.25, -0.2) is 8.78 Å². The van der Waals surface area contributed by atoms with Gasteiger partial charge in [0.1, 0.15) is 17.4 Å². The minimum atomic E-state index is -0.576. The zero-order chi connectivity index (χ0) is 16.4. The Morgan fingerprint density at radius 1 is 1.30 bits per heavy atom. The molecule has 0 saturated carbocycles. The number of halogens is 2. The Morgan fingerprint density at radius 2 is 2.13 bits per heavy atom. The monoisotopic (exact) mass is 320 g/mol. The highest BCUT2D eigenvalue weighted by Gasteiger charge is 2.34. The molecular formula is C17H18F2N2O2. The zero-order valence-electron chi connectivity index (χ0n) is 12.7. The summed E-state index contributed by atoms with van der Waals surface area (Å²) >= 11 is 0. The first kappa shape index (κ1) is 15.8. The number of pyridine rings is 1. The fraction of sp³-hybridized carbons (Fsp3) is 0.353. The van der Waals surface area contributed by atoms with E-state index in [1.165, 1.54) is 6.07 Å². The van der Waals surface area contributed by atoms with E-state index in [1.807, 2.05) is 4.90 Å². The Kier molecular flexibility index (Phi) is 4.54. The summed E-state index contributed by atoms with van der Waals surface area (Å²) in [6.45, 7) is 0.814. The molecule has 1 N–H and O–H groups in total. The molecule has 2 atom stereocenters. The number of aliphatic hydroxyl groups is 1. The van der Waals surface area contributed by atoms with Gasteiger partial charge in [-0.2, -0.15) is 0 Å². The number of benzene rings is 1. The van der Waals surface area contributed by atoms with Crippen LogP contribution in [0.25, 0.3) is 0 Å². The van der Waals surface area contributed by atoms with Gasteiger partial charge in [0.15, 0.2) is 0 Å². The molecule has 0 spiro atoms. The van der Waals surface area contributed by atoms with Gasteiger partial charge in [-0.1, -0.05) is 0 Å². The highest BCUT2D eigenvalue weighted by molar-refractivity contribution is 5.25. The standard InChI is InChI=1S/C17H18F2N2O2/c1-23-14-4-5-20-12(7-14)9-21-10-13(22)8-17(21)15-6-11(18)2-3-16(15)19/h2-7,13,17,22H,8-10H2,1H3/t13-,17+/m0/s1. The van der Waals surface area contributed by atoms with Crippen molar-refractivity contribution in [1.29, 1.82) is 0 Å². The minimum Gasteiger partial charge on any atom is -0.497 e. The lowest BCUT2D eigenvalue weighted by atomic mass is 10.0. The first-order valence-electron chi connectivity index (χ1n) is 7.43. The summed E-state index contributed by atoms with van der Waals surface area (Å²) in [6.07, 6.45) is 1.43. The summed E-state index contributed by atoms with van der Waals surface area (Å²) in [7, 11) is 1.57. The first-order chi connectivity index (χ1) is 11.1. The Morgan fingerprint density at radius 3 is 2.91 bits per heavy atom. The minimum absolute atomic E-state index is 0.268. The van der Waals surface area contributed by atoms with E-state index >= 15 is 0 Å². The third kappa shape index (κ3) is 3.48. The maximum Gasteiger partial charge on any atom is 0.128 e. The molecule has 6 heteroatoms. The van der Waals surface area contributed by atoms with Gasteiger partial charge < -0.3 is 9.84 Å². The van der Waals surface area contributed by atoms with Crippen LogP contribution in [0.2, 0.25) is 0 Å². The fourth-order valence-corrected chi connectivity index (χ4v) is 3.03. The van der Waals surface area contributed by atoms with Gasteiger partial charge in [0.05, 0.1) is 18.9 Å².